The lowest BCUT2D eigenvalue weighted by Gasteiger charge is -2.33. The van der Waals surface area contributed by atoms with Gasteiger partial charge in [-0.2, -0.15) is 0 Å². The summed E-state index contributed by atoms with van der Waals surface area (Å²) in [4.78, 5) is 12.1. The van der Waals surface area contributed by atoms with E-state index in [2.05, 4.69) is 0 Å². The van der Waals surface area contributed by atoms with Crippen LogP contribution < -0.4 is 0 Å². The second-order valence-corrected chi connectivity index (χ2v) is 8.52. The van der Waals surface area contributed by atoms with Gasteiger partial charge in [0.15, 0.2) is 9.84 Å². The summed E-state index contributed by atoms with van der Waals surface area (Å²) in [6.45, 7) is 0. The fourth-order valence-electron chi connectivity index (χ4n) is 3.09. The predicted molar refractivity (Wildman–Crippen MR) is 93.9 cm³/mol. The van der Waals surface area contributed by atoms with Crippen LogP contribution in [0.1, 0.15) is 24.5 Å². The molecular weight excluding hydrogens is 356 g/mol. The summed E-state index contributed by atoms with van der Waals surface area (Å²) in [7, 11) is -3.75. The fraction of sp³-hybridized carbons (Fsp3) is 0.316. The highest BCUT2D eigenvalue weighted by atomic mass is 32.2. The lowest BCUT2D eigenvalue weighted by Crippen LogP contribution is -2.45. The van der Waals surface area contributed by atoms with E-state index in [1.54, 1.807) is 48.5 Å². The number of benzene rings is 2. The molecule has 0 aliphatic carbocycles. The molecule has 2 aromatic carbocycles. The highest BCUT2D eigenvalue weighted by Crippen LogP contribution is 2.31. The van der Waals surface area contributed by atoms with E-state index in [4.69, 9.17) is 4.74 Å². The lowest BCUT2D eigenvalue weighted by atomic mass is 9.95. The number of aliphatic hydroxyl groups is 2. The minimum Gasteiger partial charge on any atom is -0.459 e. The number of rotatable bonds is 5. The van der Waals surface area contributed by atoms with E-state index in [1.807, 2.05) is 0 Å². The van der Waals surface area contributed by atoms with Crippen LogP contribution in [0.15, 0.2) is 65.6 Å². The van der Waals surface area contributed by atoms with Crippen LogP contribution in [0.4, 0.5) is 0 Å². The Bertz CT molecular complexity index is 850. The van der Waals surface area contributed by atoms with E-state index in [0.717, 1.165) is 0 Å². The van der Waals surface area contributed by atoms with Crippen molar-refractivity contribution in [1.29, 1.82) is 0 Å². The van der Waals surface area contributed by atoms with E-state index >= 15 is 0 Å². The Morgan fingerprint density at radius 3 is 2.15 bits per heavy atom. The van der Waals surface area contributed by atoms with Gasteiger partial charge in [-0.25, -0.2) is 8.42 Å². The molecule has 138 valence electrons. The molecule has 1 aliphatic heterocycles. The van der Waals surface area contributed by atoms with Gasteiger partial charge in [0.1, 0.15) is 18.3 Å². The highest BCUT2D eigenvalue weighted by Gasteiger charge is 2.42. The molecule has 1 saturated heterocycles. The van der Waals surface area contributed by atoms with Gasteiger partial charge in [0, 0.05) is 6.42 Å². The third kappa shape index (κ3) is 3.80. The first-order valence-corrected chi connectivity index (χ1v) is 9.83. The van der Waals surface area contributed by atoms with Gasteiger partial charge < -0.3 is 14.9 Å². The summed E-state index contributed by atoms with van der Waals surface area (Å²) in [6, 6.07) is 16.3. The molecule has 0 saturated carbocycles. The Morgan fingerprint density at radius 2 is 1.54 bits per heavy atom. The second-order valence-electron chi connectivity index (χ2n) is 6.29. The van der Waals surface area contributed by atoms with Crippen molar-refractivity contribution in [3.05, 3.63) is 66.2 Å². The molecule has 7 heteroatoms. The number of aliphatic hydroxyl groups excluding tert-OH is 2. The van der Waals surface area contributed by atoms with Crippen molar-refractivity contribution in [1.82, 2.24) is 0 Å². The molecule has 2 N–H and O–H groups in total. The van der Waals surface area contributed by atoms with Crippen LogP contribution >= 0.6 is 0 Å². The summed E-state index contributed by atoms with van der Waals surface area (Å²) < 4.78 is 30.7. The van der Waals surface area contributed by atoms with Crippen molar-refractivity contribution in [3.8, 4) is 0 Å². The van der Waals surface area contributed by atoms with Crippen molar-refractivity contribution in [3.63, 3.8) is 0 Å². The van der Waals surface area contributed by atoms with Crippen LogP contribution in [0, 0.1) is 0 Å². The van der Waals surface area contributed by atoms with Crippen molar-refractivity contribution >= 4 is 15.8 Å². The normalized spacial score (nSPS) is 23.1. The first kappa shape index (κ1) is 18.6. The number of hydrogen-bond acceptors (Lipinski definition) is 6. The summed E-state index contributed by atoms with van der Waals surface area (Å²) in [5.41, 5.74) is 0.462. The van der Waals surface area contributed by atoms with Crippen molar-refractivity contribution in [2.45, 2.75) is 41.3 Å². The largest absolute Gasteiger partial charge is 0.459 e. The molecule has 3 rings (SSSR count). The smallest absolute Gasteiger partial charge is 0.307 e. The summed E-state index contributed by atoms with van der Waals surface area (Å²) >= 11 is 0. The number of esters is 1. The standard InChI is InChI=1S/C19H20O6S/c20-17-12-15(26(23,24)14-9-5-2-6-10-14)11-16(25-17)19(22)18(21)13-7-3-1-4-8-13/h1-10,15-16,18-19,21-22H,11-12H2/t15?,16-,18-,19+/m1/s1. The second kappa shape index (κ2) is 7.57. The molecule has 1 unspecified atom stereocenters. The Morgan fingerprint density at radius 1 is 0.962 bits per heavy atom. The molecule has 4 atom stereocenters. The molecule has 1 heterocycles. The third-order valence-corrected chi connectivity index (χ3v) is 6.69. The summed E-state index contributed by atoms with van der Waals surface area (Å²) in [5, 5.41) is 19.8. The minimum atomic E-state index is -3.75. The Hall–Kier alpha value is -2.22. The zero-order valence-electron chi connectivity index (χ0n) is 13.9. The van der Waals surface area contributed by atoms with Crippen LogP contribution in [0.3, 0.4) is 0 Å². The van der Waals surface area contributed by atoms with E-state index in [0.29, 0.717) is 5.56 Å². The van der Waals surface area contributed by atoms with Gasteiger partial charge in [-0.05, 0) is 17.7 Å². The molecule has 6 nitrogen and oxygen atoms in total. The van der Waals surface area contributed by atoms with Crippen molar-refractivity contribution < 1.29 is 28.2 Å². The molecule has 0 aromatic heterocycles. The van der Waals surface area contributed by atoms with Crippen LogP contribution in [0.25, 0.3) is 0 Å². The minimum absolute atomic E-state index is 0.0754. The SMILES string of the molecule is O=C1CC(S(=O)(=O)c2ccccc2)C[C@H]([C@H](O)[C@H](O)c2ccccc2)O1. The molecule has 1 aliphatic rings. The first-order valence-electron chi connectivity index (χ1n) is 8.29. The van der Waals surface area contributed by atoms with Crippen molar-refractivity contribution in [2.24, 2.45) is 0 Å². The maximum Gasteiger partial charge on any atom is 0.307 e. The van der Waals surface area contributed by atoms with Gasteiger partial charge in [-0.3, -0.25) is 4.79 Å². The summed E-state index contributed by atoms with van der Waals surface area (Å²) in [5.74, 6) is -0.704. The maximum atomic E-state index is 12.8. The quantitative estimate of drug-likeness (QED) is 0.769. The average Bonchev–Trinajstić information content (AvgIpc) is 2.67. The van der Waals surface area contributed by atoms with Crippen molar-refractivity contribution in [2.75, 3.05) is 0 Å². The number of hydrogen-bond donors (Lipinski definition) is 2. The maximum absolute atomic E-state index is 12.8. The molecule has 0 amide bonds. The molecule has 0 radical (unpaired) electrons. The number of cyclic esters (lactones) is 1. The molecular formula is C19H20O6S. The Labute approximate surface area is 152 Å². The zero-order chi connectivity index (χ0) is 18.7. The van der Waals surface area contributed by atoms with E-state index in [9.17, 15) is 23.4 Å². The van der Waals surface area contributed by atoms with E-state index < -0.39 is 39.4 Å². The zero-order valence-corrected chi connectivity index (χ0v) is 14.7. The predicted octanol–water partition coefficient (Wildman–Crippen LogP) is 1.63. The van der Waals surface area contributed by atoms with Gasteiger partial charge in [0.2, 0.25) is 0 Å². The highest BCUT2D eigenvalue weighted by molar-refractivity contribution is 7.92. The molecule has 26 heavy (non-hydrogen) atoms. The van der Waals surface area contributed by atoms with Gasteiger partial charge in [-0.15, -0.1) is 0 Å². The number of carbonyl (C=O) groups is 1. The molecule has 2 aromatic rings. The first-order chi connectivity index (χ1) is 12.4. The number of carbonyl (C=O) groups excluding carboxylic acids is 1. The van der Waals surface area contributed by atoms with E-state index in [1.165, 1.54) is 12.1 Å². The Kier molecular flexibility index (Phi) is 5.41. The fourth-order valence-corrected chi connectivity index (χ4v) is 4.81. The van der Waals surface area contributed by atoms with Gasteiger partial charge in [-0.1, -0.05) is 48.5 Å². The van der Waals surface area contributed by atoms with E-state index in [-0.39, 0.29) is 17.7 Å². The van der Waals surface area contributed by atoms with Gasteiger partial charge in [0.05, 0.1) is 16.6 Å². The average molecular weight is 376 g/mol. The Balaban J connectivity index is 1.81. The van der Waals surface area contributed by atoms with Crippen LogP contribution in [-0.2, 0) is 19.4 Å². The molecule has 1 fully saturated rings. The van der Waals surface area contributed by atoms with Crippen LogP contribution in [-0.4, -0.2) is 42.1 Å². The monoisotopic (exact) mass is 376 g/mol. The number of ether oxygens (including phenoxy) is 1. The third-order valence-electron chi connectivity index (χ3n) is 4.53. The molecule has 0 bridgehead atoms. The van der Waals surface area contributed by atoms with Gasteiger partial charge in [0.25, 0.3) is 0 Å². The van der Waals surface area contributed by atoms with Gasteiger partial charge >= 0.3 is 5.97 Å². The number of sulfone groups is 1. The van der Waals surface area contributed by atoms with Crippen LogP contribution in [0.2, 0.25) is 0 Å². The summed E-state index contributed by atoms with van der Waals surface area (Å²) in [6.07, 6.45) is -4.16. The lowest BCUT2D eigenvalue weighted by molar-refractivity contribution is -0.166. The molecule has 0 spiro atoms. The topological polar surface area (TPSA) is 101 Å². The van der Waals surface area contributed by atoms with Crippen LogP contribution in [0.5, 0.6) is 0 Å².